The van der Waals surface area contributed by atoms with Crippen LogP contribution in [0, 0.1) is 0 Å². The summed E-state index contributed by atoms with van der Waals surface area (Å²) in [6, 6.07) is -0.357. The van der Waals surface area contributed by atoms with E-state index in [4.69, 9.17) is 19.9 Å². The first-order chi connectivity index (χ1) is 6.58. The molecule has 0 aromatic rings. The maximum absolute atomic E-state index is 11.9. The first-order valence-electron chi connectivity index (χ1n) is 4.82. The Morgan fingerprint density at radius 3 is 2.13 bits per heavy atom. The largest absolute Gasteiger partial charge is 0.395 e. The highest BCUT2D eigenvalue weighted by Crippen LogP contribution is 2.48. The molecule has 0 rings (SSSR count). The van der Waals surface area contributed by atoms with Gasteiger partial charge in [0.2, 0.25) is 0 Å². The van der Waals surface area contributed by atoms with Gasteiger partial charge in [0.15, 0.2) is 0 Å². The second kappa shape index (κ2) is 9.58. The summed E-state index contributed by atoms with van der Waals surface area (Å²) in [5.74, 6) is 0. The zero-order valence-corrected chi connectivity index (χ0v) is 10.9. The van der Waals surface area contributed by atoms with E-state index in [1.54, 1.807) is 13.8 Å². The normalized spacial score (nSPS) is 13.3. The van der Waals surface area contributed by atoms with Crippen molar-refractivity contribution in [2.75, 3.05) is 26.0 Å². The van der Waals surface area contributed by atoms with Crippen LogP contribution < -0.4 is 5.73 Å². The summed E-state index contributed by atoms with van der Waals surface area (Å²) < 4.78 is 22.0. The van der Waals surface area contributed by atoms with Crippen LogP contribution in [-0.2, 0) is 13.6 Å². The molecule has 15 heavy (non-hydrogen) atoms. The molecule has 0 aliphatic heterocycles. The van der Waals surface area contributed by atoms with Gasteiger partial charge in [0, 0.05) is 6.04 Å². The SMILES string of the molecule is CCOP(=O)(CC[C@@H](N)CO)OCC.Cl. The molecule has 0 aromatic heterocycles. The van der Waals surface area contributed by atoms with Crippen LogP contribution >= 0.6 is 20.0 Å². The second-order valence-corrected chi connectivity index (χ2v) is 5.09. The Morgan fingerprint density at radius 1 is 1.33 bits per heavy atom. The molecule has 0 spiro atoms. The number of halogens is 1. The molecule has 0 saturated carbocycles. The maximum atomic E-state index is 11.9. The molecule has 0 aliphatic carbocycles. The molecule has 7 heteroatoms. The number of hydrogen-bond acceptors (Lipinski definition) is 5. The maximum Gasteiger partial charge on any atom is 0.330 e. The molecule has 0 unspecified atom stereocenters. The number of aliphatic hydroxyl groups excluding tert-OH is 1. The highest BCUT2D eigenvalue weighted by atomic mass is 35.5. The highest BCUT2D eigenvalue weighted by molar-refractivity contribution is 7.53. The van der Waals surface area contributed by atoms with Crippen molar-refractivity contribution < 1.29 is 18.7 Å². The molecular weight excluding hydrogens is 241 g/mol. The fourth-order valence-electron chi connectivity index (χ4n) is 0.975. The van der Waals surface area contributed by atoms with Gasteiger partial charge in [-0.15, -0.1) is 12.4 Å². The van der Waals surface area contributed by atoms with Crippen molar-refractivity contribution in [3.63, 3.8) is 0 Å². The van der Waals surface area contributed by atoms with E-state index in [1.165, 1.54) is 0 Å². The van der Waals surface area contributed by atoms with Crippen LogP contribution in [0.15, 0.2) is 0 Å². The lowest BCUT2D eigenvalue weighted by Gasteiger charge is -2.18. The van der Waals surface area contributed by atoms with Crippen LogP contribution in [0.3, 0.4) is 0 Å². The number of aliphatic hydroxyl groups is 1. The quantitative estimate of drug-likeness (QED) is 0.645. The van der Waals surface area contributed by atoms with Crippen LogP contribution in [-0.4, -0.2) is 37.1 Å². The minimum atomic E-state index is -2.98. The summed E-state index contributed by atoms with van der Waals surface area (Å²) in [5.41, 5.74) is 5.49. The summed E-state index contributed by atoms with van der Waals surface area (Å²) >= 11 is 0. The first-order valence-corrected chi connectivity index (χ1v) is 6.55. The molecule has 94 valence electrons. The zero-order valence-electron chi connectivity index (χ0n) is 9.22. The van der Waals surface area contributed by atoms with Crippen molar-refractivity contribution in [3.8, 4) is 0 Å². The smallest absolute Gasteiger partial charge is 0.330 e. The molecule has 0 fully saturated rings. The molecule has 0 heterocycles. The molecule has 0 radical (unpaired) electrons. The van der Waals surface area contributed by atoms with E-state index in [1.807, 2.05) is 0 Å². The van der Waals surface area contributed by atoms with Crippen molar-refractivity contribution in [2.24, 2.45) is 5.73 Å². The van der Waals surface area contributed by atoms with Gasteiger partial charge < -0.3 is 19.9 Å². The number of rotatable bonds is 8. The van der Waals surface area contributed by atoms with E-state index in [0.717, 1.165) is 0 Å². The number of nitrogens with two attached hydrogens (primary N) is 1. The fraction of sp³-hybridized carbons (Fsp3) is 1.00. The molecule has 0 bridgehead atoms. The molecule has 0 aromatic carbocycles. The third-order valence-corrected chi connectivity index (χ3v) is 3.77. The lowest BCUT2D eigenvalue weighted by atomic mass is 10.3. The Bertz CT molecular complexity index is 183. The standard InChI is InChI=1S/C8H20NO4P.ClH/c1-3-12-14(11,13-4-2)6-5-8(9)7-10;/h8,10H,3-7,9H2,1-2H3;1H/t8-;/m1./s1. The van der Waals surface area contributed by atoms with Gasteiger partial charge in [0.25, 0.3) is 0 Å². The van der Waals surface area contributed by atoms with Crippen LogP contribution in [0.2, 0.25) is 0 Å². The molecule has 0 amide bonds. The Labute approximate surface area is 97.3 Å². The Hall–Kier alpha value is 0.360. The molecule has 1 atom stereocenters. The van der Waals surface area contributed by atoms with E-state index in [-0.39, 0.29) is 31.2 Å². The summed E-state index contributed by atoms with van der Waals surface area (Å²) in [7, 11) is -2.98. The van der Waals surface area contributed by atoms with Gasteiger partial charge in [-0.05, 0) is 20.3 Å². The average Bonchev–Trinajstić information content (AvgIpc) is 2.15. The number of hydrogen-bond donors (Lipinski definition) is 2. The molecule has 3 N–H and O–H groups in total. The molecule has 5 nitrogen and oxygen atoms in total. The fourth-order valence-corrected chi connectivity index (χ4v) is 2.74. The minimum absolute atomic E-state index is 0. The van der Waals surface area contributed by atoms with Crippen molar-refractivity contribution in [1.82, 2.24) is 0 Å². The summed E-state index contributed by atoms with van der Waals surface area (Å²) in [6.45, 7) is 4.12. The van der Waals surface area contributed by atoms with E-state index < -0.39 is 7.60 Å². The van der Waals surface area contributed by atoms with Gasteiger partial charge in [-0.2, -0.15) is 0 Å². The molecular formula is C8H21ClNO4P. The lowest BCUT2D eigenvalue weighted by Crippen LogP contribution is -2.25. The first kappa shape index (κ1) is 17.7. The van der Waals surface area contributed by atoms with Gasteiger partial charge in [-0.3, -0.25) is 4.57 Å². The van der Waals surface area contributed by atoms with Crippen LogP contribution in [0.1, 0.15) is 20.3 Å². The summed E-state index contributed by atoms with van der Waals surface area (Å²) in [5, 5.41) is 8.70. The van der Waals surface area contributed by atoms with Gasteiger partial charge >= 0.3 is 7.60 Å². The zero-order chi connectivity index (χ0) is 11.0. The van der Waals surface area contributed by atoms with E-state index >= 15 is 0 Å². The van der Waals surface area contributed by atoms with Crippen molar-refractivity contribution in [1.29, 1.82) is 0 Å². The van der Waals surface area contributed by atoms with E-state index in [0.29, 0.717) is 19.6 Å². The van der Waals surface area contributed by atoms with Crippen LogP contribution in [0.5, 0.6) is 0 Å². The molecule has 0 saturated heterocycles. The second-order valence-electron chi connectivity index (χ2n) is 2.90. The summed E-state index contributed by atoms with van der Waals surface area (Å²) in [6.07, 6.45) is 0.699. The topological polar surface area (TPSA) is 81.8 Å². The Morgan fingerprint density at radius 2 is 1.80 bits per heavy atom. The third kappa shape index (κ3) is 8.20. The van der Waals surface area contributed by atoms with Gasteiger partial charge in [0.1, 0.15) is 0 Å². The van der Waals surface area contributed by atoms with Gasteiger partial charge in [-0.25, -0.2) is 0 Å². The van der Waals surface area contributed by atoms with Crippen LogP contribution in [0.4, 0.5) is 0 Å². The third-order valence-electron chi connectivity index (χ3n) is 1.66. The Kier molecular flexibility index (Phi) is 11.3. The van der Waals surface area contributed by atoms with Crippen molar-refractivity contribution in [2.45, 2.75) is 26.3 Å². The molecule has 0 aliphatic rings. The van der Waals surface area contributed by atoms with E-state index in [9.17, 15) is 4.57 Å². The monoisotopic (exact) mass is 261 g/mol. The van der Waals surface area contributed by atoms with Crippen LogP contribution in [0.25, 0.3) is 0 Å². The predicted molar refractivity (Wildman–Crippen MR) is 62.7 cm³/mol. The highest BCUT2D eigenvalue weighted by Gasteiger charge is 2.23. The Balaban J connectivity index is 0. The van der Waals surface area contributed by atoms with Gasteiger partial charge in [0.05, 0.1) is 26.0 Å². The lowest BCUT2D eigenvalue weighted by molar-refractivity contribution is 0.216. The average molecular weight is 262 g/mol. The predicted octanol–water partition coefficient (Wildman–Crippen LogP) is 1.38. The van der Waals surface area contributed by atoms with E-state index in [2.05, 4.69) is 0 Å². The van der Waals surface area contributed by atoms with Crippen molar-refractivity contribution in [3.05, 3.63) is 0 Å². The van der Waals surface area contributed by atoms with Crippen molar-refractivity contribution >= 4 is 20.0 Å². The minimum Gasteiger partial charge on any atom is -0.395 e. The summed E-state index contributed by atoms with van der Waals surface area (Å²) in [4.78, 5) is 0. The van der Waals surface area contributed by atoms with Gasteiger partial charge in [-0.1, -0.05) is 0 Å².